The van der Waals surface area contributed by atoms with Crippen molar-refractivity contribution in [3.05, 3.63) is 21.9 Å². The average Bonchev–Trinajstić information content (AvgIpc) is 2.36. The molecule has 1 aromatic rings. The van der Waals surface area contributed by atoms with Crippen molar-refractivity contribution < 1.29 is 5.11 Å². The zero-order valence-corrected chi connectivity index (χ0v) is 6.32. The van der Waals surface area contributed by atoms with E-state index < -0.39 is 0 Å². The van der Waals surface area contributed by atoms with Gasteiger partial charge in [-0.3, -0.25) is 0 Å². The summed E-state index contributed by atoms with van der Waals surface area (Å²) in [6, 6.07) is 1.95. The maximum absolute atomic E-state index is 8.59. The maximum Gasteiger partial charge on any atom is 0.0798 e. The molecule has 0 saturated heterocycles. The van der Waals surface area contributed by atoms with Crippen LogP contribution in [0.15, 0.2) is 11.4 Å². The lowest BCUT2D eigenvalue weighted by Crippen LogP contribution is -1.89. The molecule has 10 heavy (non-hydrogen) atoms. The van der Waals surface area contributed by atoms with Crippen molar-refractivity contribution in [3.63, 3.8) is 0 Å². The largest absolute Gasteiger partial charge is 0.396 e. The van der Waals surface area contributed by atoms with Gasteiger partial charge in [0.1, 0.15) is 0 Å². The molecule has 52 valence electrons. The lowest BCUT2D eigenvalue weighted by atomic mass is 10.2. The first-order chi connectivity index (χ1) is 4.88. The summed E-state index contributed by atoms with van der Waals surface area (Å²) in [6.07, 6.45) is 5.87. The molecule has 0 unspecified atom stereocenters. The van der Waals surface area contributed by atoms with Gasteiger partial charge in [-0.1, -0.05) is 5.92 Å². The Morgan fingerprint density at radius 3 is 3.10 bits per heavy atom. The number of hydrogen-bond acceptors (Lipinski definition) is 2. The minimum Gasteiger partial charge on any atom is -0.396 e. The van der Waals surface area contributed by atoms with Crippen molar-refractivity contribution in [1.82, 2.24) is 0 Å². The molecular formula is C8H8OS. The van der Waals surface area contributed by atoms with Crippen molar-refractivity contribution in [2.75, 3.05) is 6.61 Å². The van der Waals surface area contributed by atoms with Gasteiger partial charge in [0, 0.05) is 6.61 Å². The van der Waals surface area contributed by atoms with E-state index >= 15 is 0 Å². The summed E-state index contributed by atoms with van der Waals surface area (Å²) in [5, 5.41) is 10.5. The second-order valence-electron chi connectivity index (χ2n) is 1.89. The zero-order chi connectivity index (χ0) is 7.40. The van der Waals surface area contributed by atoms with Gasteiger partial charge in [-0.2, -0.15) is 0 Å². The molecule has 0 spiro atoms. The van der Waals surface area contributed by atoms with E-state index in [0.29, 0.717) is 6.42 Å². The highest BCUT2D eigenvalue weighted by Crippen LogP contribution is 2.15. The highest BCUT2D eigenvalue weighted by atomic mass is 32.1. The Bertz CT molecular complexity index is 244. The topological polar surface area (TPSA) is 20.2 Å². The van der Waals surface area contributed by atoms with Crippen LogP contribution >= 0.6 is 11.3 Å². The fourth-order valence-corrected chi connectivity index (χ4v) is 1.54. The molecule has 1 N–H and O–H groups in total. The number of rotatable bonds is 2. The third kappa shape index (κ3) is 1.38. The first-order valence-electron chi connectivity index (χ1n) is 3.02. The molecule has 0 radical (unpaired) electrons. The standard InChI is InChI=1S/C8H8OS/c1-2-8-7(3-5-9)4-6-10-8/h1,4,6,9H,3,5H2. The van der Waals surface area contributed by atoms with Gasteiger partial charge in [0.15, 0.2) is 0 Å². The quantitative estimate of drug-likeness (QED) is 0.633. The second-order valence-corrected chi connectivity index (χ2v) is 2.81. The highest BCUT2D eigenvalue weighted by molar-refractivity contribution is 7.10. The molecule has 0 atom stereocenters. The smallest absolute Gasteiger partial charge is 0.0798 e. The average molecular weight is 152 g/mol. The van der Waals surface area contributed by atoms with Crippen LogP contribution < -0.4 is 0 Å². The van der Waals surface area contributed by atoms with Crippen LogP contribution in [-0.4, -0.2) is 11.7 Å². The van der Waals surface area contributed by atoms with Gasteiger partial charge >= 0.3 is 0 Å². The summed E-state index contributed by atoms with van der Waals surface area (Å²) in [5.74, 6) is 2.57. The van der Waals surface area contributed by atoms with Gasteiger partial charge in [-0.15, -0.1) is 17.8 Å². The van der Waals surface area contributed by atoms with E-state index in [1.54, 1.807) is 11.3 Å². The Hall–Kier alpha value is -0.780. The summed E-state index contributed by atoms with van der Waals surface area (Å²) in [7, 11) is 0. The van der Waals surface area contributed by atoms with Crippen molar-refractivity contribution in [1.29, 1.82) is 0 Å². The predicted octanol–water partition coefficient (Wildman–Crippen LogP) is 1.26. The van der Waals surface area contributed by atoms with E-state index in [0.717, 1.165) is 10.4 Å². The monoisotopic (exact) mass is 152 g/mol. The molecule has 1 heterocycles. The lowest BCUT2D eigenvalue weighted by molar-refractivity contribution is 0.299. The molecule has 0 saturated carbocycles. The Morgan fingerprint density at radius 2 is 2.50 bits per heavy atom. The molecule has 0 aliphatic heterocycles. The zero-order valence-electron chi connectivity index (χ0n) is 5.50. The summed E-state index contributed by atoms with van der Waals surface area (Å²) in [5.41, 5.74) is 1.08. The van der Waals surface area contributed by atoms with Crippen molar-refractivity contribution in [3.8, 4) is 12.3 Å². The third-order valence-electron chi connectivity index (χ3n) is 1.26. The van der Waals surface area contributed by atoms with Crippen molar-refractivity contribution in [2.24, 2.45) is 0 Å². The van der Waals surface area contributed by atoms with Crippen LogP contribution in [0.5, 0.6) is 0 Å². The van der Waals surface area contributed by atoms with E-state index in [1.165, 1.54) is 0 Å². The molecule has 0 aliphatic carbocycles. The van der Waals surface area contributed by atoms with Gasteiger partial charge in [0.2, 0.25) is 0 Å². The lowest BCUT2D eigenvalue weighted by Gasteiger charge is -1.91. The molecule has 1 rings (SSSR count). The second kappa shape index (κ2) is 3.40. The van der Waals surface area contributed by atoms with Gasteiger partial charge in [-0.05, 0) is 23.4 Å². The van der Waals surface area contributed by atoms with Gasteiger partial charge in [-0.25, -0.2) is 0 Å². The first-order valence-corrected chi connectivity index (χ1v) is 3.90. The minimum absolute atomic E-state index is 0.172. The van der Waals surface area contributed by atoms with E-state index in [4.69, 9.17) is 11.5 Å². The minimum atomic E-state index is 0.172. The molecule has 0 aliphatic rings. The number of thiophene rings is 1. The molecule has 2 heteroatoms. The van der Waals surface area contributed by atoms with Crippen LogP contribution in [0.2, 0.25) is 0 Å². The molecule has 0 fully saturated rings. The third-order valence-corrected chi connectivity index (χ3v) is 2.15. The summed E-state index contributed by atoms with van der Waals surface area (Å²) >= 11 is 1.54. The van der Waals surface area contributed by atoms with Crippen molar-refractivity contribution in [2.45, 2.75) is 6.42 Å². The van der Waals surface area contributed by atoms with E-state index in [9.17, 15) is 0 Å². The highest BCUT2D eigenvalue weighted by Gasteiger charge is 1.98. The Balaban J connectivity index is 2.82. The predicted molar refractivity (Wildman–Crippen MR) is 43.0 cm³/mol. The number of aliphatic hydroxyl groups is 1. The molecule has 1 nitrogen and oxygen atoms in total. The van der Waals surface area contributed by atoms with Gasteiger partial charge in [0.05, 0.1) is 4.88 Å². The fourth-order valence-electron chi connectivity index (χ4n) is 0.780. The van der Waals surface area contributed by atoms with E-state index in [1.807, 2.05) is 11.4 Å². The normalized spacial score (nSPS) is 9.20. The Labute approximate surface area is 64.3 Å². The van der Waals surface area contributed by atoms with Crippen LogP contribution in [-0.2, 0) is 6.42 Å². The van der Waals surface area contributed by atoms with Crippen LogP contribution in [0.4, 0.5) is 0 Å². The van der Waals surface area contributed by atoms with Crippen molar-refractivity contribution >= 4 is 11.3 Å². The molecule has 0 bridgehead atoms. The van der Waals surface area contributed by atoms with Crippen LogP contribution in [0.25, 0.3) is 0 Å². The van der Waals surface area contributed by atoms with Gasteiger partial charge in [0.25, 0.3) is 0 Å². The van der Waals surface area contributed by atoms with Crippen LogP contribution in [0.3, 0.4) is 0 Å². The van der Waals surface area contributed by atoms with Gasteiger partial charge < -0.3 is 5.11 Å². The summed E-state index contributed by atoms with van der Waals surface area (Å²) in [6.45, 7) is 0.172. The van der Waals surface area contributed by atoms with Crippen LogP contribution in [0.1, 0.15) is 10.4 Å². The SMILES string of the molecule is C#Cc1sccc1CCO. The Morgan fingerprint density at radius 1 is 1.70 bits per heavy atom. The molecule has 1 aromatic heterocycles. The first kappa shape index (κ1) is 7.33. The molecular weight excluding hydrogens is 144 g/mol. The number of aliphatic hydroxyl groups excluding tert-OH is 1. The number of hydrogen-bond donors (Lipinski definition) is 1. The van der Waals surface area contributed by atoms with E-state index in [2.05, 4.69) is 5.92 Å². The van der Waals surface area contributed by atoms with E-state index in [-0.39, 0.29) is 6.61 Å². The molecule has 0 amide bonds. The Kier molecular flexibility index (Phi) is 2.49. The summed E-state index contributed by atoms with van der Waals surface area (Å²) < 4.78 is 0. The molecule has 0 aromatic carbocycles. The number of terminal acetylenes is 1. The summed E-state index contributed by atoms with van der Waals surface area (Å²) in [4.78, 5) is 0.939. The fraction of sp³-hybridized carbons (Fsp3) is 0.250. The van der Waals surface area contributed by atoms with Crippen LogP contribution in [0, 0.1) is 12.3 Å². The maximum atomic E-state index is 8.59.